The lowest BCUT2D eigenvalue weighted by atomic mass is 9.68. The third-order valence-electron chi connectivity index (χ3n) is 6.24. The van der Waals surface area contributed by atoms with Gasteiger partial charge < -0.3 is 0 Å². The summed E-state index contributed by atoms with van der Waals surface area (Å²) in [6.45, 7) is 8.70. The molecule has 2 aliphatic rings. The standard InChI is InChI=1S/C19H36.C2H6.CH4/c1-3-5-6-7-17-10-14-19(15-11-17)18-12-8-16(4-2)9-13-18;1-2;/h16-19H,3-15H2,1-2H3;1-2H3;1H4. The molecule has 0 amide bonds. The highest BCUT2D eigenvalue weighted by molar-refractivity contribution is 4.81. The molecule has 0 aromatic rings. The maximum Gasteiger partial charge on any atom is -0.0386 e. The smallest absolute Gasteiger partial charge is 0.0386 e. The van der Waals surface area contributed by atoms with E-state index in [0.717, 1.165) is 23.7 Å². The average Bonchev–Trinajstić information content (AvgIpc) is 2.58. The lowest BCUT2D eigenvalue weighted by Gasteiger charge is -2.37. The second-order valence-corrected chi connectivity index (χ2v) is 7.47. The number of unbranched alkanes of at least 4 members (excludes halogenated alkanes) is 2. The monoisotopic (exact) mass is 310 g/mol. The van der Waals surface area contributed by atoms with Crippen LogP contribution >= 0.6 is 0 Å². The molecule has 0 saturated heterocycles. The summed E-state index contributed by atoms with van der Waals surface area (Å²) >= 11 is 0. The van der Waals surface area contributed by atoms with Gasteiger partial charge in [0.15, 0.2) is 0 Å². The lowest BCUT2D eigenvalue weighted by Crippen LogP contribution is -2.25. The third-order valence-corrected chi connectivity index (χ3v) is 6.24. The Balaban J connectivity index is 0.00000141. The molecule has 0 atom stereocenters. The molecule has 0 nitrogen and oxygen atoms in total. The largest absolute Gasteiger partial charge is 0.0776 e. The maximum atomic E-state index is 2.38. The van der Waals surface area contributed by atoms with E-state index >= 15 is 0 Å². The molecule has 134 valence electrons. The number of hydrogen-bond donors (Lipinski definition) is 0. The first kappa shape index (κ1) is 22.0. The molecule has 0 aliphatic heterocycles. The summed E-state index contributed by atoms with van der Waals surface area (Å²) in [7, 11) is 0. The van der Waals surface area contributed by atoms with Gasteiger partial charge in [-0.3, -0.25) is 0 Å². The van der Waals surface area contributed by atoms with Crippen LogP contribution in [-0.2, 0) is 0 Å². The lowest BCUT2D eigenvalue weighted by molar-refractivity contribution is 0.142. The zero-order valence-electron chi connectivity index (χ0n) is 15.5. The second kappa shape index (κ2) is 13.4. The molecular formula is C22H46. The van der Waals surface area contributed by atoms with Crippen LogP contribution in [-0.4, -0.2) is 0 Å². The van der Waals surface area contributed by atoms with E-state index in [1.165, 1.54) is 44.9 Å². The Morgan fingerprint density at radius 1 is 0.636 bits per heavy atom. The summed E-state index contributed by atoms with van der Waals surface area (Å²) < 4.78 is 0. The Labute approximate surface area is 142 Å². The molecule has 2 saturated carbocycles. The summed E-state index contributed by atoms with van der Waals surface area (Å²) in [5.74, 6) is 4.39. The van der Waals surface area contributed by atoms with Gasteiger partial charge in [0, 0.05) is 0 Å². The first-order chi connectivity index (χ1) is 10.3. The van der Waals surface area contributed by atoms with E-state index in [0.29, 0.717) is 0 Å². The number of hydrogen-bond acceptors (Lipinski definition) is 0. The van der Waals surface area contributed by atoms with Crippen LogP contribution < -0.4 is 0 Å². The fourth-order valence-corrected chi connectivity index (χ4v) is 4.70. The van der Waals surface area contributed by atoms with Crippen LogP contribution in [0.15, 0.2) is 0 Å². The van der Waals surface area contributed by atoms with E-state index in [1.807, 2.05) is 13.8 Å². The Morgan fingerprint density at radius 3 is 1.50 bits per heavy atom. The predicted molar refractivity (Wildman–Crippen MR) is 103 cm³/mol. The van der Waals surface area contributed by atoms with Crippen LogP contribution in [0.1, 0.15) is 119 Å². The molecule has 0 spiro atoms. The molecule has 0 aromatic carbocycles. The SMILES string of the molecule is C.CC.CCCCCC1CCC(C2CCC(CC)CC2)CC1. The van der Waals surface area contributed by atoms with Crippen molar-refractivity contribution in [1.29, 1.82) is 0 Å². The first-order valence-electron chi connectivity index (χ1n) is 10.3. The highest BCUT2D eigenvalue weighted by Gasteiger charge is 2.30. The summed E-state index contributed by atoms with van der Waals surface area (Å²) in [5, 5.41) is 0. The van der Waals surface area contributed by atoms with E-state index in [2.05, 4.69) is 13.8 Å². The van der Waals surface area contributed by atoms with Crippen LogP contribution in [0, 0.1) is 23.7 Å². The van der Waals surface area contributed by atoms with Crippen LogP contribution in [0.5, 0.6) is 0 Å². The molecule has 22 heavy (non-hydrogen) atoms. The number of rotatable bonds is 6. The van der Waals surface area contributed by atoms with Gasteiger partial charge in [-0.25, -0.2) is 0 Å². The van der Waals surface area contributed by atoms with Crippen molar-refractivity contribution < 1.29 is 0 Å². The van der Waals surface area contributed by atoms with Crippen molar-refractivity contribution in [3.8, 4) is 0 Å². The fraction of sp³-hybridized carbons (Fsp3) is 1.00. The topological polar surface area (TPSA) is 0 Å². The van der Waals surface area contributed by atoms with E-state index < -0.39 is 0 Å². The van der Waals surface area contributed by atoms with Crippen LogP contribution in [0.2, 0.25) is 0 Å². The quantitative estimate of drug-likeness (QED) is 0.433. The molecule has 2 rings (SSSR count). The van der Waals surface area contributed by atoms with Gasteiger partial charge in [0.05, 0.1) is 0 Å². The molecule has 0 unspecified atom stereocenters. The van der Waals surface area contributed by atoms with Crippen molar-refractivity contribution in [2.75, 3.05) is 0 Å². The fourth-order valence-electron chi connectivity index (χ4n) is 4.70. The van der Waals surface area contributed by atoms with Gasteiger partial charge in [-0.05, 0) is 49.4 Å². The molecule has 0 heteroatoms. The van der Waals surface area contributed by atoms with Crippen LogP contribution in [0.4, 0.5) is 0 Å². The van der Waals surface area contributed by atoms with Gasteiger partial charge in [-0.2, -0.15) is 0 Å². The van der Waals surface area contributed by atoms with E-state index in [-0.39, 0.29) is 7.43 Å². The third kappa shape index (κ3) is 7.51. The van der Waals surface area contributed by atoms with Crippen molar-refractivity contribution >= 4 is 0 Å². The molecule has 0 aromatic heterocycles. The summed E-state index contributed by atoms with van der Waals surface area (Å²) in [6.07, 6.45) is 19.7. The first-order valence-corrected chi connectivity index (χ1v) is 10.3. The van der Waals surface area contributed by atoms with Crippen molar-refractivity contribution in [2.45, 2.75) is 119 Å². The molecule has 2 aliphatic carbocycles. The van der Waals surface area contributed by atoms with Gasteiger partial charge in [-0.15, -0.1) is 0 Å². The van der Waals surface area contributed by atoms with E-state index in [4.69, 9.17) is 0 Å². The molecule has 0 radical (unpaired) electrons. The zero-order valence-corrected chi connectivity index (χ0v) is 15.5. The van der Waals surface area contributed by atoms with Gasteiger partial charge >= 0.3 is 0 Å². The van der Waals surface area contributed by atoms with Crippen molar-refractivity contribution in [3.63, 3.8) is 0 Å². The molecule has 0 heterocycles. The summed E-state index contributed by atoms with van der Waals surface area (Å²) in [5.41, 5.74) is 0. The van der Waals surface area contributed by atoms with E-state index in [1.54, 1.807) is 38.5 Å². The van der Waals surface area contributed by atoms with Gasteiger partial charge in [-0.1, -0.05) is 92.9 Å². The van der Waals surface area contributed by atoms with Crippen LogP contribution in [0.25, 0.3) is 0 Å². The minimum Gasteiger partial charge on any atom is -0.0776 e. The molecule has 0 N–H and O–H groups in total. The van der Waals surface area contributed by atoms with Crippen molar-refractivity contribution in [1.82, 2.24) is 0 Å². The molecule has 0 bridgehead atoms. The van der Waals surface area contributed by atoms with Gasteiger partial charge in [0.25, 0.3) is 0 Å². The van der Waals surface area contributed by atoms with Crippen molar-refractivity contribution in [2.24, 2.45) is 23.7 Å². The molecule has 2 fully saturated rings. The Kier molecular flexibility index (Phi) is 13.4. The maximum absolute atomic E-state index is 2.38. The Hall–Kier alpha value is 0. The summed E-state index contributed by atoms with van der Waals surface area (Å²) in [6, 6.07) is 0. The normalized spacial score (nSPS) is 31.6. The van der Waals surface area contributed by atoms with Gasteiger partial charge in [0.1, 0.15) is 0 Å². The Bertz CT molecular complexity index is 216. The second-order valence-electron chi connectivity index (χ2n) is 7.47. The predicted octanol–water partition coefficient (Wildman–Crippen LogP) is 8.25. The van der Waals surface area contributed by atoms with E-state index in [9.17, 15) is 0 Å². The highest BCUT2D eigenvalue weighted by Crippen LogP contribution is 2.42. The highest BCUT2D eigenvalue weighted by atomic mass is 14.4. The average molecular weight is 311 g/mol. The summed E-state index contributed by atoms with van der Waals surface area (Å²) in [4.78, 5) is 0. The van der Waals surface area contributed by atoms with Gasteiger partial charge in [0.2, 0.25) is 0 Å². The van der Waals surface area contributed by atoms with Crippen molar-refractivity contribution in [3.05, 3.63) is 0 Å². The minimum atomic E-state index is 0. The zero-order chi connectivity index (χ0) is 15.5. The van der Waals surface area contributed by atoms with Crippen LogP contribution in [0.3, 0.4) is 0 Å². The Morgan fingerprint density at radius 2 is 1.09 bits per heavy atom. The minimum absolute atomic E-state index is 0. The molecular weight excluding hydrogens is 264 g/mol.